The maximum absolute atomic E-state index is 13.4. The lowest BCUT2D eigenvalue weighted by Crippen LogP contribution is -2.09. The Bertz CT molecular complexity index is 700. The number of carbonyl (C=O) groups is 2. The van der Waals surface area contributed by atoms with Gasteiger partial charge in [-0.1, -0.05) is 5.16 Å². The normalized spacial score (nSPS) is 10.5. The molecule has 6 nitrogen and oxygen atoms in total. The molecule has 0 fully saturated rings. The Hall–Kier alpha value is -2.64. The van der Waals surface area contributed by atoms with Crippen LogP contribution in [-0.4, -0.2) is 21.9 Å². The number of hydrogen-bond donors (Lipinski definition) is 0. The van der Waals surface area contributed by atoms with E-state index < -0.39 is 23.4 Å². The highest BCUT2D eigenvalue weighted by molar-refractivity contribution is 5.97. The van der Waals surface area contributed by atoms with Crippen LogP contribution in [0.2, 0.25) is 0 Å². The van der Waals surface area contributed by atoms with Crippen LogP contribution in [0.1, 0.15) is 34.9 Å². The van der Waals surface area contributed by atoms with E-state index >= 15 is 0 Å². The van der Waals surface area contributed by atoms with E-state index in [1.807, 2.05) is 0 Å². The molecule has 0 N–H and O–H groups in total. The van der Waals surface area contributed by atoms with E-state index in [0.717, 1.165) is 12.1 Å². The van der Waals surface area contributed by atoms with Gasteiger partial charge in [-0.15, -0.1) is 0 Å². The van der Waals surface area contributed by atoms with Gasteiger partial charge in [0.2, 0.25) is 0 Å². The van der Waals surface area contributed by atoms with Crippen LogP contribution in [0.15, 0.2) is 22.7 Å². The quantitative estimate of drug-likeness (QED) is 0.602. The Morgan fingerprint density at radius 1 is 1.27 bits per heavy atom. The van der Waals surface area contributed by atoms with Crippen LogP contribution in [-0.2, 0) is 16.1 Å². The van der Waals surface area contributed by atoms with Gasteiger partial charge in [0.1, 0.15) is 11.6 Å². The first-order chi connectivity index (χ1) is 10.5. The second kappa shape index (κ2) is 6.88. The lowest BCUT2D eigenvalue weighted by molar-refractivity contribution is -0.145. The van der Waals surface area contributed by atoms with Crippen molar-refractivity contribution in [1.29, 1.82) is 0 Å². The summed E-state index contributed by atoms with van der Waals surface area (Å²) in [5, 5.41) is 3.52. The van der Waals surface area contributed by atoms with E-state index in [9.17, 15) is 18.4 Å². The van der Waals surface area contributed by atoms with Gasteiger partial charge < -0.3 is 9.26 Å². The number of aryl methyl sites for hydroxylation is 1. The van der Waals surface area contributed by atoms with Crippen LogP contribution in [0.4, 0.5) is 8.78 Å². The summed E-state index contributed by atoms with van der Waals surface area (Å²) in [6.07, 6.45) is -0.479. The molecule has 0 aliphatic carbocycles. The second-order valence-electron chi connectivity index (χ2n) is 4.44. The molecule has 2 rings (SSSR count). The molecular weight excluding hydrogens is 298 g/mol. The highest BCUT2D eigenvalue weighted by atomic mass is 19.1. The van der Waals surface area contributed by atoms with Crippen LogP contribution >= 0.6 is 0 Å². The molecule has 0 unspecified atom stereocenters. The summed E-state index contributed by atoms with van der Waals surface area (Å²) in [6.45, 7) is 1.42. The molecule has 1 aromatic carbocycles. The van der Waals surface area contributed by atoms with Crippen molar-refractivity contribution in [1.82, 2.24) is 10.1 Å². The maximum atomic E-state index is 13.4. The largest absolute Gasteiger partial charge is 0.456 e. The summed E-state index contributed by atoms with van der Waals surface area (Å²) in [4.78, 5) is 27.1. The van der Waals surface area contributed by atoms with Gasteiger partial charge in [0, 0.05) is 12.5 Å². The third-order valence-electron chi connectivity index (χ3n) is 2.71. The molecule has 0 spiro atoms. The molecule has 0 bridgehead atoms. The maximum Gasteiger partial charge on any atom is 0.306 e. The molecular formula is C14H12F2N2O4. The Morgan fingerprint density at radius 3 is 2.68 bits per heavy atom. The van der Waals surface area contributed by atoms with E-state index in [2.05, 4.69) is 10.1 Å². The van der Waals surface area contributed by atoms with Gasteiger partial charge in [-0.25, -0.2) is 8.78 Å². The number of hydrogen-bond acceptors (Lipinski definition) is 6. The molecule has 116 valence electrons. The van der Waals surface area contributed by atoms with Gasteiger partial charge in [0.15, 0.2) is 18.2 Å². The average molecular weight is 310 g/mol. The average Bonchev–Trinajstić information content (AvgIpc) is 2.88. The van der Waals surface area contributed by atoms with Crippen molar-refractivity contribution < 1.29 is 27.6 Å². The van der Waals surface area contributed by atoms with Crippen LogP contribution in [0.5, 0.6) is 0 Å². The number of esters is 1. The lowest BCUT2D eigenvalue weighted by atomic mass is 10.1. The molecule has 0 atom stereocenters. The summed E-state index contributed by atoms with van der Waals surface area (Å²) in [5.41, 5.74) is -0.262. The highest BCUT2D eigenvalue weighted by Gasteiger charge is 2.15. The monoisotopic (exact) mass is 310 g/mol. The van der Waals surface area contributed by atoms with Gasteiger partial charge in [-0.05, 0) is 19.1 Å². The Balaban J connectivity index is 1.81. The third kappa shape index (κ3) is 4.18. The molecule has 2 aromatic rings. The minimum atomic E-state index is -0.959. The van der Waals surface area contributed by atoms with Crippen LogP contribution < -0.4 is 0 Å². The number of nitrogens with zero attached hydrogens (tertiary/aromatic N) is 2. The zero-order valence-electron chi connectivity index (χ0n) is 11.6. The molecule has 1 aromatic heterocycles. The Labute approximate surface area is 124 Å². The van der Waals surface area contributed by atoms with Gasteiger partial charge in [-0.2, -0.15) is 4.98 Å². The summed E-state index contributed by atoms with van der Waals surface area (Å²) < 4.78 is 35.7. The first-order valence-corrected chi connectivity index (χ1v) is 6.39. The summed E-state index contributed by atoms with van der Waals surface area (Å²) in [6, 6.07) is 2.63. The predicted molar refractivity (Wildman–Crippen MR) is 68.8 cm³/mol. The molecule has 1 heterocycles. The molecule has 0 radical (unpaired) electrons. The van der Waals surface area contributed by atoms with Crippen LogP contribution in [0, 0.1) is 18.6 Å². The van der Waals surface area contributed by atoms with Crippen molar-refractivity contribution in [3.05, 3.63) is 47.1 Å². The molecule has 0 saturated heterocycles. The van der Waals surface area contributed by atoms with Gasteiger partial charge >= 0.3 is 5.97 Å². The highest BCUT2D eigenvalue weighted by Crippen LogP contribution is 2.13. The lowest BCUT2D eigenvalue weighted by Gasteiger charge is -2.03. The van der Waals surface area contributed by atoms with Crippen LogP contribution in [0.3, 0.4) is 0 Å². The van der Waals surface area contributed by atoms with Crippen molar-refractivity contribution in [2.75, 3.05) is 0 Å². The number of halogens is 2. The number of ketones is 1. The molecule has 8 heteroatoms. The number of ether oxygens (including phenoxy) is 1. The zero-order chi connectivity index (χ0) is 16.1. The van der Waals surface area contributed by atoms with Crippen molar-refractivity contribution in [3.8, 4) is 0 Å². The zero-order valence-corrected chi connectivity index (χ0v) is 11.6. The van der Waals surface area contributed by atoms with Crippen molar-refractivity contribution in [2.45, 2.75) is 26.4 Å². The number of Topliss-reactive ketones (excluding diaryl/α,β-unsaturated/α-hetero) is 1. The minimum Gasteiger partial charge on any atom is -0.456 e. The summed E-state index contributed by atoms with van der Waals surface area (Å²) in [5.74, 6) is -2.45. The van der Waals surface area contributed by atoms with Crippen molar-refractivity contribution in [2.24, 2.45) is 0 Å². The minimum absolute atomic E-state index is 0.141. The Kier molecular flexibility index (Phi) is 4.92. The fraction of sp³-hybridized carbons (Fsp3) is 0.286. The molecule has 0 aliphatic rings. The van der Waals surface area contributed by atoms with E-state index in [0.29, 0.717) is 11.9 Å². The van der Waals surface area contributed by atoms with Crippen LogP contribution in [0.25, 0.3) is 0 Å². The Morgan fingerprint density at radius 2 is 2.05 bits per heavy atom. The standard InChI is InChI=1S/C14H12F2N2O4/c1-8-17-13(22-18-8)7-21-14(20)5-4-12(19)10-3-2-9(15)6-11(10)16/h2-3,6H,4-5,7H2,1H3. The van der Waals surface area contributed by atoms with E-state index in [-0.39, 0.29) is 30.9 Å². The fourth-order valence-electron chi connectivity index (χ4n) is 1.68. The molecule has 0 amide bonds. The second-order valence-corrected chi connectivity index (χ2v) is 4.44. The topological polar surface area (TPSA) is 82.3 Å². The first kappa shape index (κ1) is 15.7. The van der Waals surface area contributed by atoms with Gasteiger partial charge in [-0.3, -0.25) is 9.59 Å². The number of benzene rings is 1. The summed E-state index contributed by atoms with van der Waals surface area (Å²) >= 11 is 0. The van der Waals surface area contributed by atoms with Gasteiger partial charge in [0.05, 0.1) is 12.0 Å². The van der Waals surface area contributed by atoms with Gasteiger partial charge in [0.25, 0.3) is 5.89 Å². The first-order valence-electron chi connectivity index (χ1n) is 6.39. The fourth-order valence-corrected chi connectivity index (χ4v) is 1.68. The van der Waals surface area contributed by atoms with E-state index in [4.69, 9.17) is 9.26 Å². The van der Waals surface area contributed by atoms with Crippen molar-refractivity contribution >= 4 is 11.8 Å². The van der Waals surface area contributed by atoms with E-state index in [1.54, 1.807) is 6.92 Å². The predicted octanol–water partition coefficient (Wildman–Crippen LogP) is 2.36. The van der Waals surface area contributed by atoms with Crippen molar-refractivity contribution in [3.63, 3.8) is 0 Å². The number of carbonyl (C=O) groups excluding carboxylic acids is 2. The SMILES string of the molecule is Cc1noc(COC(=O)CCC(=O)c2ccc(F)cc2F)n1. The molecule has 0 aliphatic heterocycles. The third-order valence-corrected chi connectivity index (χ3v) is 2.71. The molecule has 22 heavy (non-hydrogen) atoms. The smallest absolute Gasteiger partial charge is 0.306 e. The molecule has 0 saturated carbocycles. The number of aromatic nitrogens is 2. The summed E-state index contributed by atoms with van der Waals surface area (Å²) in [7, 11) is 0. The number of rotatable bonds is 6. The van der Waals surface area contributed by atoms with E-state index in [1.165, 1.54) is 0 Å².